The highest BCUT2D eigenvalue weighted by molar-refractivity contribution is 9.10. The van der Waals surface area contributed by atoms with Crippen molar-refractivity contribution >= 4 is 32.7 Å². The molecule has 0 amide bonds. The minimum atomic E-state index is -1.41. The van der Waals surface area contributed by atoms with Crippen molar-refractivity contribution in [1.82, 2.24) is 0 Å². The SMILES string of the molecule is O=C(O)/C=C/S(=O)c1cccc(Br)c1. The van der Waals surface area contributed by atoms with E-state index in [2.05, 4.69) is 15.9 Å². The molecule has 0 heterocycles. The zero-order chi connectivity index (χ0) is 10.6. The van der Waals surface area contributed by atoms with E-state index in [9.17, 15) is 9.00 Å². The number of aliphatic carboxylic acids is 1. The van der Waals surface area contributed by atoms with E-state index >= 15 is 0 Å². The third-order valence-electron chi connectivity index (χ3n) is 1.36. The number of carboxylic acid groups (broad SMARTS) is 1. The Morgan fingerprint density at radius 3 is 2.79 bits per heavy atom. The number of rotatable bonds is 3. The molecule has 1 unspecified atom stereocenters. The van der Waals surface area contributed by atoms with E-state index in [-0.39, 0.29) is 0 Å². The Kier molecular flexibility index (Phi) is 4.03. The highest BCUT2D eigenvalue weighted by Gasteiger charge is 2.00. The van der Waals surface area contributed by atoms with Crippen LogP contribution in [0, 0.1) is 0 Å². The maximum absolute atomic E-state index is 11.4. The molecule has 0 aliphatic rings. The van der Waals surface area contributed by atoms with Crippen LogP contribution in [0.2, 0.25) is 0 Å². The van der Waals surface area contributed by atoms with Crippen LogP contribution in [0.4, 0.5) is 0 Å². The molecule has 1 aromatic rings. The average Bonchev–Trinajstić information content (AvgIpc) is 2.14. The van der Waals surface area contributed by atoms with Crippen LogP contribution in [-0.4, -0.2) is 15.3 Å². The molecule has 0 saturated carbocycles. The Bertz CT molecular complexity index is 401. The molecule has 1 rings (SSSR count). The maximum Gasteiger partial charge on any atom is 0.328 e. The highest BCUT2D eigenvalue weighted by Crippen LogP contribution is 2.15. The summed E-state index contributed by atoms with van der Waals surface area (Å²) in [6.07, 6.45) is 0.872. The number of hydrogen-bond acceptors (Lipinski definition) is 2. The number of halogens is 1. The first-order chi connectivity index (χ1) is 6.59. The first kappa shape index (κ1) is 11.1. The van der Waals surface area contributed by atoms with Crippen LogP contribution in [-0.2, 0) is 15.6 Å². The number of hydrogen-bond donors (Lipinski definition) is 1. The summed E-state index contributed by atoms with van der Waals surface area (Å²) in [5, 5.41) is 9.48. The van der Waals surface area contributed by atoms with E-state index in [1.165, 1.54) is 0 Å². The van der Waals surface area contributed by atoms with Crippen LogP contribution in [0.3, 0.4) is 0 Å². The van der Waals surface area contributed by atoms with Gasteiger partial charge in [0.1, 0.15) is 0 Å². The minimum Gasteiger partial charge on any atom is -0.478 e. The Balaban J connectivity index is 2.85. The van der Waals surface area contributed by atoms with Crippen LogP contribution in [0.1, 0.15) is 0 Å². The molecule has 0 radical (unpaired) electrons. The van der Waals surface area contributed by atoms with Gasteiger partial charge in [0.15, 0.2) is 0 Å². The van der Waals surface area contributed by atoms with Crippen molar-refractivity contribution in [2.75, 3.05) is 0 Å². The molecule has 0 aliphatic carbocycles. The zero-order valence-corrected chi connectivity index (χ0v) is 9.42. The number of carbonyl (C=O) groups is 1. The molecule has 3 nitrogen and oxygen atoms in total. The summed E-state index contributed by atoms with van der Waals surface area (Å²) in [5.41, 5.74) is 0. The molecule has 14 heavy (non-hydrogen) atoms. The largest absolute Gasteiger partial charge is 0.478 e. The normalized spacial score (nSPS) is 12.9. The first-order valence-electron chi connectivity index (χ1n) is 3.67. The highest BCUT2D eigenvalue weighted by atomic mass is 79.9. The van der Waals surface area contributed by atoms with Gasteiger partial charge in [-0.1, -0.05) is 22.0 Å². The fourth-order valence-corrected chi connectivity index (χ4v) is 2.19. The van der Waals surface area contributed by atoms with E-state index < -0.39 is 16.8 Å². The van der Waals surface area contributed by atoms with Crippen molar-refractivity contribution in [2.45, 2.75) is 4.90 Å². The summed E-state index contributed by atoms with van der Waals surface area (Å²) < 4.78 is 12.3. The third kappa shape index (κ3) is 3.43. The predicted octanol–water partition coefficient (Wildman–Crippen LogP) is 2.16. The average molecular weight is 275 g/mol. The fourth-order valence-electron chi connectivity index (χ4n) is 0.791. The number of carboxylic acids is 1. The van der Waals surface area contributed by atoms with Gasteiger partial charge in [0.2, 0.25) is 0 Å². The molecule has 0 bridgehead atoms. The minimum absolute atomic E-state index is 0.567. The van der Waals surface area contributed by atoms with Crippen LogP contribution in [0.15, 0.2) is 45.1 Å². The molecule has 1 aromatic carbocycles. The van der Waals surface area contributed by atoms with Crippen molar-refractivity contribution in [3.63, 3.8) is 0 Å². The quantitative estimate of drug-likeness (QED) is 0.860. The second-order valence-electron chi connectivity index (χ2n) is 2.40. The Hall–Kier alpha value is -0.940. The smallest absolute Gasteiger partial charge is 0.328 e. The topological polar surface area (TPSA) is 54.4 Å². The van der Waals surface area contributed by atoms with Gasteiger partial charge in [-0.15, -0.1) is 0 Å². The van der Waals surface area contributed by atoms with E-state index in [1.807, 2.05) is 6.07 Å². The summed E-state index contributed by atoms with van der Waals surface area (Å²) in [7, 11) is -1.41. The lowest BCUT2D eigenvalue weighted by Gasteiger charge is -1.96. The molecule has 0 saturated heterocycles. The Morgan fingerprint density at radius 1 is 1.50 bits per heavy atom. The van der Waals surface area contributed by atoms with E-state index in [0.717, 1.165) is 16.0 Å². The van der Waals surface area contributed by atoms with Crippen molar-refractivity contribution < 1.29 is 14.1 Å². The molecule has 1 atom stereocenters. The maximum atomic E-state index is 11.4. The predicted molar refractivity (Wildman–Crippen MR) is 57.3 cm³/mol. The fraction of sp³-hybridized carbons (Fsp3) is 0. The van der Waals surface area contributed by atoms with Crippen LogP contribution >= 0.6 is 15.9 Å². The van der Waals surface area contributed by atoms with Crippen LogP contribution in [0.5, 0.6) is 0 Å². The van der Waals surface area contributed by atoms with Crippen molar-refractivity contribution in [3.8, 4) is 0 Å². The van der Waals surface area contributed by atoms with Gasteiger partial charge in [-0.25, -0.2) is 9.00 Å². The molecule has 74 valence electrons. The van der Waals surface area contributed by atoms with Crippen molar-refractivity contribution in [3.05, 3.63) is 40.2 Å². The third-order valence-corrected chi connectivity index (χ3v) is 2.96. The number of benzene rings is 1. The van der Waals surface area contributed by atoms with Crippen molar-refractivity contribution in [2.24, 2.45) is 0 Å². The summed E-state index contributed by atoms with van der Waals surface area (Å²) in [6, 6.07) is 6.91. The molecule has 0 fully saturated rings. The first-order valence-corrected chi connectivity index (χ1v) is 5.67. The molecule has 0 spiro atoms. The summed E-state index contributed by atoms with van der Waals surface area (Å²) in [6.45, 7) is 0. The van der Waals surface area contributed by atoms with Crippen molar-refractivity contribution in [1.29, 1.82) is 0 Å². The monoisotopic (exact) mass is 274 g/mol. The van der Waals surface area contributed by atoms with Gasteiger partial charge in [0, 0.05) is 20.9 Å². The second-order valence-corrected chi connectivity index (χ2v) is 4.65. The van der Waals surface area contributed by atoms with Gasteiger partial charge in [-0.05, 0) is 18.2 Å². The van der Waals surface area contributed by atoms with E-state index in [1.54, 1.807) is 18.2 Å². The Labute approximate surface area is 92.0 Å². The molecule has 5 heteroatoms. The molecular formula is C9H7BrO3S. The molecule has 0 aromatic heterocycles. The standard InChI is InChI=1S/C9H7BrO3S/c10-7-2-1-3-8(6-7)14(13)5-4-9(11)12/h1-6H,(H,11,12)/b5-4+. The van der Waals surface area contributed by atoms with Crippen LogP contribution < -0.4 is 0 Å². The van der Waals surface area contributed by atoms with Gasteiger partial charge in [0.05, 0.1) is 10.8 Å². The molecule has 1 N–H and O–H groups in total. The van der Waals surface area contributed by atoms with Gasteiger partial charge >= 0.3 is 5.97 Å². The summed E-state index contributed by atoms with van der Waals surface area (Å²) in [5.74, 6) is -1.10. The molecular weight excluding hydrogens is 268 g/mol. The van der Waals surface area contributed by atoms with E-state index in [0.29, 0.717) is 4.90 Å². The van der Waals surface area contributed by atoms with Gasteiger partial charge in [-0.3, -0.25) is 0 Å². The lowest BCUT2D eigenvalue weighted by Crippen LogP contribution is -1.90. The van der Waals surface area contributed by atoms with E-state index in [4.69, 9.17) is 5.11 Å². The van der Waals surface area contributed by atoms with Gasteiger partial charge in [0.25, 0.3) is 0 Å². The summed E-state index contributed by atoms with van der Waals surface area (Å²) in [4.78, 5) is 10.7. The summed E-state index contributed by atoms with van der Waals surface area (Å²) >= 11 is 3.24. The Morgan fingerprint density at radius 2 is 2.21 bits per heavy atom. The van der Waals surface area contributed by atoms with Crippen LogP contribution in [0.25, 0.3) is 0 Å². The van der Waals surface area contributed by atoms with Gasteiger partial charge < -0.3 is 5.11 Å². The lowest BCUT2D eigenvalue weighted by molar-refractivity contribution is -0.131. The van der Waals surface area contributed by atoms with Gasteiger partial charge in [-0.2, -0.15) is 0 Å². The second kappa shape index (κ2) is 5.07. The zero-order valence-electron chi connectivity index (χ0n) is 7.01. The lowest BCUT2D eigenvalue weighted by atomic mass is 10.4. The molecule has 0 aliphatic heterocycles.